The van der Waals surface area contributed by atoms with E-state index in [-0.39, 0.29) is 17.4 Å². The summed E-state index contributed by atoms with van der Waals surface area (Å²) in [5.41, 5.74) is 11.1. The third-order valence-electron chi connectivity index (χ3n) is 5.05. The van der Waals surface area contributed by atoms with Gasteiger partial charge in [0.2, 0.25) is 0 Å². The molecule has 3 nitrogen and oxygen atoms in total. The molecule has 0 fully saturated rings. The largest absolute Gasteiger partial charge is 0.478 e. The van der Waals surface area contributed by atoms with Gasteiger partial charge in [-0.2, -0.15) is 0 Å². The van der Waals surface area contributed by atoms with Gasteiger partial charge in [0.05, 0.1) is 11.3 Å². The van der Waals surface area contributed by atoms with E-state index in [1.54, 1.807) is 6.07 Å². The summed E-state index contributed by atoms with van der Waals surface area (Å²) in [4.78, 5) is 11.6. The normalized spacial score (nSPS) is 13.2. The molecular weight excluding hydrogens is 322 g/mol. The zero-order valence-corrected chi connectivity index (χ0v) is 15.0. The fourth-order valence-electron chi connectivity index (χ4n) is 3.53. The van der Waals surface area contributed by atoms with Crippen LogP contribution in [0.15, 0.2) is 72.8 Å². The number of aromatic carboxylic acids is 1. The van der Waals surface area contributed by atoms with Crippen LogP contribution in [0.2, 0.25) is 0 Å². The second kappa shape index (κ2) is 7.44. The van der Waals surface area contributed by atoms with Crippen molar-refractivity contribution in [2.24, 2.45) is 0 Å². The van der Waals surface area contributed by atoms with E-state index in [1.807, 2.05) is 42.5 Å². The summed E-state index contributed by atoms with van der Waals surface area (Å²) in [6, 6.07) is 23.8. The minimum atomic E-state index is -0.997. The number of nitrogens with two attached hydrogens (primary N) is 1. The molecule has 0 heterocycles. The molecular formula is C23H23NO2. The summed E-state index contributed by atoms with van der Waals surface area (Å²) < 4.78 is 0. The maximum Gasteiger partial charge on any atom is 0.337 e. The number of nitrogen functional groups attached to an aromatic ring is 1. The Morgan fingerprint density at radius 3 is 1.81 bits per heavy atom. The predicted molar refractivity (Wildman–Crippen MR) is 106 cm³/mol. The van der Waals surface area contributed by atoms with Crippen molar-refractivity contribution in [3.8, 4) is 0 Å². The molecule has 0 aliphatic heterocycles. The Kier molecular flexibility index (Phi) is 5.08. The molecule has 0 aliphatic carbocycles. The quantitative estimate of drug-likeness (QED) is 0.619. The molecule has 3 aromatic rings. The van der Waals surface area contributed by atoms with Gasteiger partial charge in [0.25, 0.3) is 0 Å². The number of hydrogen-bond donors (Lipinski definition) is 2. The lowest BCUT2D eigenvalue weighted by molar-refractivity contribution is 0.0698. The van der Waals surface area contributed by atoms with Crippen LogP contribution < -0.4 is 5.73 Å². The molecule has 2 atom stereocenters. The van der Waals surface area contributed by atoms with Crippen molar-refractivity contribution in [3.63, 3.8) is 0 Å². The molecule has 0 bridgehead atoms. The number of carbonyl (C=O) groups is 1. The maximum absolute atomic E-state index is 11.6. The molecule has 0 spiro atoms. The molecule has 132 valence electrons. The number of rotatable bonds is 5. The van der Waals surface area contributed by atoms with Crippen molar-refractivity contribution in [3.05, 3.63) is 101 Å². The summed E-state index contributed by atoms with van der Waals surface area (Å²) in [5.74, 6) is -0.887. The minimum absolute atomic E-state index is 0.00309. The van der Waals surface area contributed by atoms with Gasteiger partial charge in [-0.05, 0) is 28.3 Å². The molecule has 0 aliphatic rings. The Morgan fingerprint density at radius 2 is 1.31 bits per heavy atom. The van der Waals surface area contributed by atoms with Gasteiger partial charge in [0, 0.05) is 11.8 Å². The van der Waals surface area contributed by atoms with Gasteiger partial charge >= 0.3 is 5.97 Å². The molecule has 3 rings (SSSR count). The molecule has 0 unspecified atom stereocenters. The molecule has 0 aromatic heterocycles. The number of carboxylic acid groups (broad SMARTS) is 1. The van der Waals surface area contributed by atoms with Crippen LogP contribution in [0.3, 0.4) is 0 Å². The summed E-state index contributed by atoms with van der Waals surface area (Å²) in [7, 11) is 0. The van der Waals surface area contributed by atoms with Crippen molar-refractivity contribution in [1.29, 1.82) is 0 Å². The van der Waals surface area contributed by atoms with Gasteiger partial charge < -0.3 is 10.8 Å². The van der Waals surface area contributed by atoms with Crippen molar-refractivity contribution in [2.45, 2.75) is 25.7 Å². The first-order valence-electron chi connectivity index (χ1n) is 8.76. The molecule has 3 aromatic carbocycles. The van der Waals surface area contributed by atoms with E-state index in [9.17, 15) is 9.90 Å². The fourth-order valence-corrected chi connectivity index (χ4v) is 3.53. The second-order valence-electron chi connectivity index (χ2n) is 6.60. The van der Waals surface area contributed by atoms with Gasteiger partial charge in [0.15, 0.2) is 0 Å². The lowest BCUT2D eigenvalue weighted by Crippen LogP contribution is -2.13. The lowest BCUT2D eigenvalue weighted by atomic mass is 9.81. The third-order valence-corrected chi connectivity index (χ3v) is 5.05. The Labute approximate surface area is 154 Å². The smallest absolute Gasteiger partial charge is 0.337 e. The van der Waals surface area contributed by atoms with Gasteiger partial charge in [0.1, 0.15) is 0 Å². The predicted octanol–water partition coefficient (Wildman–Crippen LogP) is 5.27. The highest BCUT2D eigenvalue weighted by atomic mass is 16.4. The third kappa shape index (κ3) is 3.33. The van der Waals surface area contributed by atoms with Gasteiger partial charge in [-0.3, -0.25) is 0 Å². The van der Waals surface area contributed by atoms with Crippen LogP contribution in [-0.2, 0) is 0 Å². The molecule has 0 saturated carbocycles. The van der Waals surface area contributed by atoms with E-state index in [2.05, 4.69) is 38.1 Å². The lowest BCUT2D eigenvalue weighted by Gasteiger charge is -2.24. The van der Waals surface area contributed by atoms with Crippen molar-refractivity contribution < 1.29 is 9.90 Å². The highest BCUT2D eigenvalue weighted by molar-refractivity contribution is 5.95. The van der Waals surface area contributed by atoms with Crippen LogP contribution in [0.25, 0.3) is 0 Å². The van der Waals surface area contributed by atoms with E-state index in [1.165, 1.54) is 5.56 Å². The highest BCUT2D eigenvalue weighted by Gasteiger charge is 2.24. The van der Waals surface area contributed by atoms with Crippen LogP contribution in [0.1, 0.15) is 58.3 Å². The molecule has 0 amide bonds. The van der Waals surface area contributed by atoms with Crippen molar-refractivity contribution >= 4 is 11.7 Å². The van der Waals surface area contributed by atoms with E-state index in [0.717, 1.165) is 16.7 Å². The van der Waals surface area contributed by atoms with Gasteiger partial charge in [-0.1, -0.05) is 80.6 Å². The molecule has 0 radical (unpaired) electrons. The Morgan fingerprint density at radius 1 is 0.808 bits per heavy atom. The van der Waals surface area contributed by atoms with Crippen LogP contribution in [-0.4, -0.2) is 11.1 Å². The monoisotopic (exact) mass is 345 g/mol. The minimum Gasteiger partial charge on any atom is -0.478 e. The van der Waals surface area contributed by atoms with Crippen molar-refractivity contribution in [2.75, 3.05) is 5.73 Å². The number of benzene rings is 3. The summed E-state index contributed by atoms with van der Waals surface area (Å²) in [5, 5.41) is 9.51. The summed E-state index contributed by atoms with van der Waals surface area (Å²) >= 11 is 0. The number of hydrogen-bond acceptors (Lipinski definition) is 2. The standard InChI is InChI=1S/C23H23NO2/c1-15(17-9-5-3-6-10-17)19-13-14-20(23(25)26)22(24)21(19)16(2)18-11-7-4-8-12-18/h3-16H,24H2,1-2H3,(H,25,26)/t15-,16-/m1/s1. The van der Waals surface area contributed by atoms with Crippen LogP contribution in [0, 0.1) is 0 Å². The molecule has 26 heavy (non-hydrogen) atoms. The number of carboxylic acids is 1. The van der Waals surface area contributed by atoms with Crippen LogP contribution in [0.4, 0.5) is 5.69 Å². The second-order valence-corrected chi connectivity index (χ2v) is 6.60. The first-order valence-corrected chi connectivity index (χ1v) is 8.76. The summed E-state index contributed by atoms with van der Waals surface area (Å²) in [6.07, 6.45) is 0. The average molecular weight is 345 g/mol. The molecule has 3 heteroatoms. The van der Waals surface area contributed by atoms with E-state index < -0.39 is 5.97 Å². The van der Waals surface area contributed by atoms with Gasteiger partial charge in [-0.15, -0.1) is 0 Å². The topological polar surface area (TPSA) is 63.3 Å². The Balaban J connectivity index is 2.18. The van der Waals surface area contributed by atoms with Crippen LogP contribution in [0.5, 0.6) is 0 Å². The average Bonchev–Trinajstić information content (AvgIpc) is 2.67. The van der Waals surface area contributed by atoms with Crippen LogP contribution >= 0.6 is 0 Å². The zero-order chi connectivity index (χ0) is 18.7. The maximum atomic E-state index is 11.6. The molecule has 0 saturated heterocycles. The molecule has 3 N–H and O–H groups in total. The Hall–Kier alpha value is -3.07. The first-order chi connectivity index (χ1) is 12.5. The first kappa shape index (κ1) is 17.7. The summed E-state index contributed by atoms with van der Waals surface area (Å²) in [6.45, 7) is 4.21. The number of anilines is 1. The highest BCUT2D eigenvalue weighted by Crippen LogP contribution is 2.38. The fraction of sp³-hybridized carbons (Fsp3) is 0.174. The Bertz CT molecular complexity index is 904. The van der Waals surface area contributed by atoms with E-state index in [0.29, 0.717) is 5.69 Å². The van der Waals surface area contributed by atoms with Crippen molar-refractivity contribution in [1.82, 2.24) is 0 Å². The van der Waals surface area contributed by atoms with E-state index in [4.69, 9.17) is 5.73 Å². The van der Waals surface area contributed by atoms with E-state index >= 15 is 0 Å². The zero-order valence-electron chi connectivity index (χ0n) is 15.0. The SMILES string of the molecule is C[C@H](c1ccccc1)c1ccc(C(=O)O)c(N)c1[C@H](C)c1ccccc1. The van der Waals surface area contributed by atoms with Gasteiger partial charge in [-0.25, -0.2) is 4.79 Å².